The van der Waals surface area contributed by atoms with Crippen LogP contribution in [0.3, 0.4) is 0 Å². The normalized spacial score (nSPS) is 10.1. The zero-order valence-electron chi connectivity index (χ0n) is 11.4. The van der Waals surface area contributed by atoms with Gasteiger partial charge in [0.15, 0.2) is 0 Å². The molecule has 2 amide bonds. The van der Waals surface area contributed by atoms with Crippen LogP contribution >= 0.6 is 0 Å². The molecular formula is C16H16N2O2. The number of nitrogens with one attached hydrogen (secondary N) is 1. The van der Waals surface area contributed by atoms with Gasteiger partial charge in [-0.3, -0.25) is 9.59 Å². The van der Waals surface area contributed by atoms with Crippen LogP contribution in [0.5, 0.6) is 0 Å². The molecule has 0 unspecified atom stereocenters. The molecule has 0 fully saturated rings. The molecule has 0 spiro atoms. The van der Waals surface area contributed by atoms with E-state index in [1.165, 1.54) is 6.07 Å². The molecule has 102 valence electrons. The second-order valence-corrected chi connectivity index (χ2v) is 4.78. The van der Waals surface area contributed by atoms with E-state index in [-0.39, 0.29) is 5.91 Å². The lowest BCUT2D eigenvalue weighted by Gasteiger charge is -2.08. The van der Waals surface area contributed by atoms with Gasteiger partial charge in [-0.1, -0.05) is 12.1 Å². The first-order valence-electron chi connectivity index (χ1n) is 6.25. The van der Waals surface area contributed by atoms with Gasteiger partial charge in [-0.05, 0) is 55.3 Å². The van der Waals surface area contributed by atoms with Crippen LogP contribution in [0, 0.1) is 13.8 Å². The van der Waals surface area contributed by atoms with Crippen LogP contribution in [-0.4, -0.2) is 11.8 Å². The average molecular weight is 268 g/mol. The molecule has 0 heterocycles. The molecule has 2 aromatic carbocycles. The highest BCUT2D eigenvalue weighted by Crippen LogP contribution is 2.15. The van der Waals surface area contributed by atoms with Gasteiger partial charge in [0.25, 0.3) is 5.91 Å². The van der Waals surface area contributed by atoms with Gasteiger partial charge < -0.3 is 11.1 Å². The van der Waals surface area contributed by atoms with Crippen LogP contribution < -0.4 is 11.1 Å². The van der Waals surface area contributed by atoms with Gasteiger partial charge in [-0.2, -0.15) is 0 Å². The standard InChI is InChI=1S/C16H16N2O2/c1-10-6-11(2)8-14(7-10)18-16(20)13-5-3-4-12(9-13)15(17)19/h3-9H,1-2H3,(H2,17,19)(H,18,20). The van der Waals surface area contributed by atoms with Gasteiger partial charge in [0.2, 0.25) is 5.91 Å². The van der Waals surface area contributed by atoms with Crippen molar-refractivity contribution in [2.75, 3.05) is 5.32 Å². The van der Waals surface area contributed by atoms with Crippen LogP contribution in [0.15, 0.2) is 42.5 Å². The minimum atomic E-state index is -0.550. The summed E-state index contributed by atoms with van der Waals surface area (Å²) in [6.45, 7) is 3.94. The summed E-state index contributed by atoms with van der Waals surface area (Å²) in [5, 5.41) is 2.81. The summed E-state index contributed by atoms with van der Waals surface area (Å²) in [4.78, 5) is 23.3. The van der Waals surface area contributed by atoms with Gasteiger partial charge in [-0.15, -0.1) is 0 Å². The van der Waals surface area contributed by atoms with Gasteiger partial charge in [0.05, 0.1) is 0 Å². The first-order chi connectivity index (χ1) is 9.45. The number of benzene rings is 2. The van der Waals surface area contributed by atoms with Crippen molar-refractivity contribution in [3.8, 4) is 0 Å². The highest BCUT2D eigenvalue weighted by molar-refractivity contribution is 6.06. The highest BCUT2D eigenvalue weighted by atomic mass is 16.2. The fourth-order valence-corrected chi connectivity index (χ4v) is 2.06. The number of carbonyl (C=O) groups is 2. The Labute approximate surface area is 117 Å². The fraction of sp³-hybridized carbons (Fsp3) is 0.125. The third-order valence-corrected chi connectivity index (χ3v) is 2.89. The SMILES string of the molecule is Cc1cc(C)cc(NC(=O)c2cccc(C(N)=O)c2)c1. The van der Waals surface area contributed by atoms with E-state index >= 15 is 0 Å². The molecule has 0 aliphatic heterocycles. The Morgan fingerprint density at radius 3 is 2.15 bits per heavy atom. The summed E-state index contributed by atoms with van der Waals surface area (Å²) in [6.07, 6.45) is 0. The molecule has 0 aliphatic rings. The smallest absolute Gasteiger partial charge is 0.255 e. The Bertz CT molecular complexity index is 658. The van der Waals surface area contributed by atoms with Crippen LogP contribution in [0.2, 0.25) is 0 Å². The van der Waals surface area contributed by atoms with Crippen LogP contribution in [0.25, 0.3) is 0 Å². The Kier molecular flexibility index (Phi) is 3.84. The number of anilines is 1. The number of hydrogen-bond donors (Lipinski definition) is 2. The van der Waals surface area contributed by atoms with Gasteiger partial charge >= 0.3 is 0 Å². The van der Waals surface area contributed by atoms with Crippen molar-refractivity contribution in [1.29, 1.82) is 0 Å². The molecule has 2 aromatic rings. The van der Waals surface area contributed by atoms with Crippen molar-refractivity contribution in [2.24, 2.45) is 5.73 Å². The molecule has 4 heteroatoms. The van der Waals surface area contributed by atoms with Crippen molar-refractivity contribution < 1.29 is 9.59 Å². The Hall–Kier alpha value is -2.62. The minimum Gasteiger partial charge on any atom is -0.366 e. The summed E-state index contributed by atoms with van der Waals surface area (Å²) in [7, 11) is 0. The van der Waals surface area contributed by atoms with Crippen molar-refractivity contribution in [1.82, 2.24) is 0 Å². The molecule has 0 radical (unpaired) electrons. The van der Waals surface area contributed by atoms with Gasteiger partial charge in [-0.25, -0.2) is 0 Å². The second-order valence-electron chi connectivity index (χ2n) is 4.78. The zero-order valence-corrected chi connectivity index (χ0v) is 11.4. The quantitative estimate of drug-likeness (QED) is 0.898. The number of primary amides is 1. The van der Waals surface area contributed by atoms with E-state index in [1.807, 2.05) is 32.0 Å². The largest absolute Gasteiger partial charge is 0.366 e. The van der Waals surface area contributed by atoms with Gasteiger partial charge in [0, 0.05) is 16.8 Å². The lowest BCUT2D eigenvalue weighted by atomic mass is 10.1. The van der Waals surface area contributed by atoms with E-state index in [1.54, 1.807) is 18.2 Å². The molecule has 4 nitrogen and oxygen atoms in total. The van der Waals surface area contributed by atoms with E-state index in [0.717, 1.165) is 16.8 Å². The number of hydrogen-bond acceptors (Lipinski definition) is 2. The van der Waals surface area contributed by atoms with Crippen molar-refractivity contribution >= 4 is 17.5 Å². The number of amides is 2. The summed E-state index contributed by atoms with van der Waals surface area (Å²) in [6, 6.07) is 12.2. The molecule has 0 aliphatic carbocycles. The Morgan fingerprint density at radius 2 is 1.55 bits per heavy atom. The van der Waals surface area contributed by atoms with E-state index in [0.29, 0.717) is 11.1 Å². The topological polar surface area (TPSA) is 72.2 Å². The summed E-state index contributed by atoms with van der Waals surface area (Å²) in [5.41, 5.74) is 8.81. The monoisotopic (exact) mass is 268 g/mol. The molecule has 20 heavy (non-hydrogen) atoms. The van der Waals surface area contributed by atoms with Gasteiger partial charge in [0.1, 0.15) is 0 Å². The maximum atomic E-state index is 12.1. The van der Waals surface area contributed by atoms with Crippen molar-refractivity contribution in [3.05, 3.63) is 64.7 Å². The fourth-order valence-electron chi connectivity index (χ4n) is 2.06. The molecule has 0 atom stereocenters. The third kappa shape index (κ3) is 3.23. The molecule has 2 rings (SSSR count). The molecular weight excluding hydrogens is 252 g/mol. The second kappa shape index (κ2) is 5.57. The Morgan fingerprint density at radius 1 is 0.950 bits per heavy atom. The van der Waals surface area contributed by atoms with E-state index in [9.17, 15) is 9.59 Å². The zero-order chi connectivity index (χ0) is 14.7. The predicted octanol–water partition coefficient (Wildman–Crippen LogP) is 2.65. The molecule has 0 saturated carbocycles. The molecule has 3 N–H and O–H groups in total. The van der Waals surface area contributed by atoms with E-state index in [4.69, 9.17) is 5.73 Å². The first-order valence-corrected chi connectivity index (χ1v) is 6.25. The van der Waals surface area contributed by atoms with Crippen LogP contribution in [-0.2, 0) is 0 Å². The summed E-state index contributed by atoms with van der Waals surface area (Å²) in [5.74, 6) is -0.816. The van der Waals surface area contributed by atoms with E-state index < -0.39 is 5.91 Å². The predicted molar refractivity (Wildman–Crippen MR) is 78.8 cm³/mol. The molecule has 0 saturated heterocycles. The van der Waals surface area contributed by atoms with Crippen LogP contribution in [0.1, 0.15) is 31.8 Å². The first kappa shape index (κ1) is 13.8. The molecule has 0 bridgehead atoms. The van der Waals surface area contributed by atoms with Crippen molar-refractivity contribution in [2.45, 2.75) is 13.8 Å². The number of aryl methyl sites for hydroxylation is 2. The third-order valence-electron chi connectivity index (χ3n) is 2.89. The summed E-state index contributed by atoms with van der Waals surface area (Å²) >= 11 is 0. The number of nitrogens with two attached hydrogens (primary N) is 1. The Balaban J connectivity index is 2.23. The number of rotatable bonds is 3. The lowest BCUT2D eigenvalue weighted by molar-refractivity contribution is 0.1000. The maximum absolute atomic E-state index is 12.1. The van der Waals surface area contributed by atoms with E-state index in [2.05, 4.69) is 5.32 Å². The average Bonchev–Trinajstić information content (AvgIpc) is 2.37. The highest BCUT2D eigenvalue weighted by Gasteiger charge is 2.09. The summed E-state index contributed by atoms with van der Waals surface area (Å²) < 4.78 is 0. The lowest BCUT2D eigenvalue weighted by Crippen LogP contribution is -2.15. The van der Waals surface area contributed by atoms with Crippen LogP contribution in [0.4, 0.5) is 5.69 Å². The number of carbonyl (C=O) groups excluding carboxylic acids is 2. The minimum absolute atomic E-state index is 0.266. The maximum Gasteiger partial charge on any atom is 0.255 e. The molecule has 0 aromatic heterocycles. The van der Waals surface area contributed by atoms with Crippen molar-refractivity contribution in [3.63, 3.8) is 0 Å².